The Morgan fingerprint density at radius 1 is 1.37 bits per heavy atom. The van der Waals surface area contributed by atoms with Gasteiger partial charge in [-0.2, -0.15) is 0 Å². The van der Waals surface area contributed by atoms with Crippen molar-refractivity contribution in [1.29, 1.82) is 0 Å². The third-order valence-corrected chi connectivity index (χ3v) is 4.64. The maximum absolute atomic E-state index is 11.7. The Labute approximate surface area is 116 Å². The average Bonchev–Trinajstić information content (AvgIpc) is 2.34. The summed E-state index contributed by atoms with van der Waals surface area (Å²) in [6, 6.07) is -0.498. The van der Waals surface area contributed by atoms with Gasteiger partial charge >= 0.3 is 0 Å². The molecular formula is C12H27N3O3S. The minimum atomic E-state index is -3.15. The third kappa shape index (κ3) is 6.89. The Bertz CT molecular complexity index is 370. The zero-order valence-electron chi connectivity index (χ0n) is 12.3. The summed E-state index contributed by atoms with van der Waals surface area (Å²) in [5.74, 6) is -0.0279. The molecule has 1 unspecified atom stereocenters. The monoisotopic (exact) mass is 293 g/mol. The van der Waals surface area contributed by atoms with Crippen LogP contribution in [0.15, 0.2) is 0 Å². The van der Waals surface area contributed by atoms with Crippen LogP contribution in [0.4, 0.5) is 0 Å². The van der Waals surface area contributed by atoms with Crippen LogP contribution in [-0.4, -0.2) is 50.6 Å². The van der Waals surface area contributed by atoms with Crippen molar-refractivity contribution in [1.82, 2.24) is 9.62 Å². The Morgan fingerprint density at radius 2 is 1.95 bits per heavy atom. The molecular weight excluding hydrogens is 266 g/mol. The van der Waals surface area contributed by atoms with Gasteiger partial charge in [0.2, 0.25) is 15.9 Å². The minimum Gasteiger partial charge on any atom is -0.355 e. The molecule has 0 bridgehead atoms. The first-order chi connectivity index (χ1) is 8.73. The van der Waals surface area contributed by atoms with E-state index in [0.717, 1.165) is 6.42 Å². The highest BCUT2D eigenvalue weighted by atomic mass is 32.2. The standard InChI is InChI=1S/C12H27N3O3S/c1-5-10(3)11(13)12(16)14-8-7-9-15(6-2)19(4,17)18/h10-11H,5-9,13H2,1-4H3,(H,14,16)/t10?,11-/m0/s1. The fourth-order valence-electron chi connectivity index (χ4n) is 1.66. The van der Waals surface area contributed by atoms with Gasteiger partial charge in [-0.1, -0.05) is 27.2 Å². The van der Waals surface area contributed by atoms with Crippen molar-refractivity contribution in [2.24, 2.45) is 11.7 Å². The van der Waals surface area contributed by atoms with Gasteiger partial charge in [0.1, 0.15) is 0 Å². The fraction of sp³-hybridized carbons (Fsp3) is 0.917. The van der Waals surface area contributed by atoms with Gasteiger partial charge in [-0.05, 0) is 12.3 Å². The summed E-state index contributed by atoms with van der Waals surface area (Å²) in [7, 11) is -3.15. The maximum Gasteiger partial charge on any atom is 0.237 e. The summed E-state index contributed by atoms with van der Waals surface area (Å²) in [5.41, 5.74) is 5.79. The van der Waals surface area contributed by atoms with Gasteiger partial charge in [-0.3, -0.25) is 4.79 Å². The number of carbonyl (C=O) groups is 1. The van der Waals surface area contributed by atoms with Gasteiger partial charge < -0.3 is 11.1 Å². The number of amides is 1. The SMILES string of the molecule is CCC(C)[C@H](N)C(=O)NCCCN(CC)S(C)(=O)=O. The number of sulfonamides is 1. The Balaban J connectivity index is 4.01. The molecule has 0 saturated heterocycles. The number of nitrogens with zero attached hydrogens (tertiary/aromatic N) is 1. The zero-order valence-corrected chi connectivity index (χ0v) is 13.2. The summed E-state index contributed by atoms with van der Waals surface area (Å²) >= 11 is 0. The number of nitrogens with one attached hydrogen (secondary N) is 1. The highest BCUT2D eigenvalue weighted by Crippen LogP contribution is 2.05. The van der Waals surface area contributed by atoms with Crippen molar-refractivity contribution in [3.8, 4) is 0 Å². The van der Waals surface area contributed by atoms with Crippen molar-refractivity contribution < 1.29 is 13.2 Å². The summed E-state index contributed by atoms with van der Waals surface area (Å²) in [4.78, 5) is 11.7. The minimum absolute atomic E-state index is 0.142. The Morgan fingerprint density at radius 3 is 2.37 bits per heavy atom. The molecule has 0 saturated carbocycles. The number of rotatable bonds is 9. The summed E-state index contributed by atoms with van der Waals surface area (Å²) in [6.07, 6.45) is 2.63. The molecule has 0 spiro atoms. The lowest BCUT2D eigenvalue weighted by atomic mass is 9.99. The molecule has 2 atom stereocenters. The summed E-state index contributed by atoms with van der Waals surface area (Å²) in [6.45, 7) is 7.01. The van der Waals surface area contributed by atoms with Gasteiger partial charge in [0.05, 0.1) is 12.3 Å². The second-order valence-corrected chi connectivity index (χ2v) is 6.79. The van der Waals surface area contributed by atoms with E-state index in [1.807, 2.05) is 13.8 Å². The molecule has 7 heteroatoms. The highest BCUT2D eigenvalue weighted by molar-refractivity contribution is 7.88. The van der Waals surface area contributed by atoms with E-state index in [2.05, 4.69) is 5.32 Å². The molecule has 0 aliphatic heterocycles. The largest absolute Gasteiger partial charge is 0.355 e. The molecule has 0 aromatic rings. The van der Waals surface area contributed by atoms with Gasteiger partial charge in [-0.15, -0.1) is 0 Å². The van der Waals surface area contributed by atoms with E-state index < -0.39 is 16.1 Å². The zero-order chi connectivity index (χ0) is 15.1. The molecule has 0 heterocycles. The van der Waals surface area contributed by atoms with Crippen LogP contribution >= 0.6 is 0 Å². The van der Waals surface area contributed by atoms with Crippen molar-refractivity contribution in [2.45, 2.75) is 39.7 Å². The van der Waals surface area contributed by atoms with Crippen molar-refractivity contribution in [2.75, 3.05) is 25.9 Å². The summed E-state index contributed by atoms with van der Waals surface area (Å²) in [5, 5.41) is 2.74. The molecule has 0 aromatic heterocycles. The van der Waals surface area contributed by atoms with Gasteiger partial charge in [0.25, 0.3) is 0 Å². The number of hydrogen-bond acceptors (Lipinski definition) is 4. The molecule has 19 heavy (non-hydrogen) atoms. The molecule has 6 nitrogen and oxygen atoms in total. The number of hydrogen-bond donors (Lipinski definition) is 2. The quantitative estimate of drug-likeness (QED) is 0.592. The Kier molecular flexibility index (Phi) is 8.20. The van der Waals surface area contributed by atoms with E-state index in [9.17, 15) is 13.2 Å². The molecule has 114 valence electrons. The van der Waals surface area contributed by atoms with E-state index in [4.69, 9.17) is 5.73 Å². The molecule has 3 N–H and O–H groups in total. The molecule has 1 amide bonds. The van der Waals surface area contributed by atoms with Crippen LogP contribution in [0.2, 0.25) is 0 Å². The first kappa shape index (κ1) is 18.3. The second kappa shape index (κ2) is 8.50. The predicted octanol–water partition coefficient (Wildman–Crippen LogP) is 0.148. The first-order valence-electron chi connectivity index (χ1n) is 6.72. The van der Waals surface area contributed by atoms with Crippen LogP contribution in [0.1, 0.15) is 33.6 Å². The molecule has 0 fully saturated rings. The van der Waals surface area contributed by atoms with Crippen molar-refractivity contribution >= 4 is 15.9 Å². The van der Waals surface area contributed by atoms with Crippen LogP contribution in [-0.2, 0) is 14.8 Å². The van der Waals surface area contributed by atoms with Crippen molar-refractivity contribution in [3.05, 3.63) is 0 Å². The number of carbonyl (C=O) groups excluding carboxylic acids is 1. The first-order valence-corrected chi connectivity index (χ1v) is 8.57. The lowest BCUT2D eigenvalue weighted by Gasteiger charge is -2.19. The average molecular weight is 293 g/mol. The third-order valence-electron chi connectivity index (χ3n) is 3.26. The Hall–Kier alpha value is -0.660. The predicted molar refractivity (Wildman–Crippen MR) is 77.1 cm³/mol. The number of nitrogens with two attached hydrogens (primary N) is 1. The van der Waals surface area contributed by atoms with Gasteiger partial charge in [-0.25, -0.2) is 12.7 Å². The van der Waals surface area contributed by atoms with E-state index in [1.54, 1.807) is 6.92 Å². The molecule has 0 aromatic carbocycles. The smallest absolute Gasteiger partial charge is 0.237 e. The van der Waals surface area contributed by atoms with Crippen LogP contribution < -0.4 is 11.1 Å². The van der Waals surface area contributed by atoms with Crippen LogP contribution in [0, 0.1) is 5.92 Å². The lowest BCUT2D eigenvalue weighted by Crippen LogP contribution is -2.45. The fourth-order valence-corrected chi connectivity index (χ4v) is 2.59. The maximum atomic E-state index is 11.7. The topological polar surface area (TPSA) is 92.5 Å². The van der Waals surface area contributed by atoms with Crippen LogP contribution in [0.5, 0.6) is 0 Å². The van der Waals surface area contributed by atoms with E-state index in [0.29, 0.717) is 26.1 Å². The van der Waals surface area contributed by atoms with Crippen LogP contribution in [0.25, 0.3) is 0 Å². The molecule has 0 rings (SSSR count). The van der Waals surface area contributed by atoms with Gasteiger partial charge in [0.15, 0.2) is 0 Å². The molecule has 0 radical (unpaired) electrons. The van der Waals surface area contributed by atoms with Gasteiger partial charge in [0, 0.05) is 19.6 Å². The van der Waals surface area contributed by atoms with E-state index >= 15 is 0 Å². The van der Waals surface area contributed by atoms with Crippen molar-refractivity contribution in [3.63, 3.8) is 0 Å². The normalized spacial score (nSPS) is 15.3. The summed E-state index contributed by atoms with van der Waals surface area (Å²) < 4.78 is 24.1. The lowest BCUT2D eigenvalue weighted by molar-refractivity contribution is -0.123. The molecule has 0 aliphatic carbocycles. The second-order valence-electron chi connectivity index (χ2n) is 4.81. The highest BCUT2D eigenvalue weighted by Gasteiger charge is 2.19. The van der Waals surface area contributed by atoms with E-state index in [-0.39, 0.29) is 11.8 Å². The molecule has 0 aliphatic rings. The van der Waals surface area contributed by atoms with Crippen LogP contribution in [0.3, 0.4) is 0 Å². The van der Waals surface area contributed by atoms with E-state index in [1.165, 1.54) is 10.6 Å².